The van der Waals surface area contributed by atoms with Crippen LogP contribution in [-0.2, 0) is 16.1 Å². The number of hydrogen-bond donors (Lipinski definition) is 2. The van der Waals surface area contributed by atoms with Crippen molar-refractivity contribution in [3.8, 4) is 5.75 Å². The number of rotatable bonds is 9. The van der Waals surface area contributed by atoms with E-state index in [1.54, 1.807) is 7.11 Å². The minimum Gasteiger partial charge on any atom is -0.489 e. The van der Waals surface area contributed by atoms with Gasteiger partial charge in [-0.15, -0.1) is 12.4 Å². The molecular weight excluding hydrogens is 328 g/mol. The molecule has 0 bridgehead atoms. The first-order valence-corrected chi connectivity index (χ1v) is 7.54. The quantitative estimate of drug-likeness (QED) is 0.683. The molecule has 0 heterocycles. The second-order valence-electron chi connectivity index (χ2n) is 5.02. The molecule has 2 aromatic carbocycles. The van der Waals surface area contributed by atoms with Crippen LogP contribution in [0.4, 0.5) is 5.69 Å². The van der Waals surface area contributed by atoms with E-state index in [9.17, 15) is 4.79 Å². The Bertz CT molecular complexity index is 591. The van der Waals surface area contributed by atoms with E-state index < -0.39 is 0 Å². The van der Waals surface area contributed by atoms with Crippen LogP contribution < -0.4 is 15.4 Å². The van der Waals surface area contributed by atoms with Crippen molar-refractivity contribution in [1.82, 2.24) is 5.32 Å². The van der Waals surface area contributed by atoms with Crippen LogP contribution in [0.5, 0.6) is 5.75 Å². The van der Waals surface area contributed by atoms with Gasteiger partial charge in [0.15, 0.2) is 0 Å². The lowest BCUT2D eigenvalue weighted by Gasteiger charge is -2.09. The number of nitrogens with one attached hydrogen (secondary N) is 2. The van der Waals surface area contributed by atoms with E-state index in [1.807, 2.05) is 54.6 Å². The molecule has 2 N–H and O–H groups in total. The number of carbonyl (C=O) groups excluding carboxylic acids is 1. The van der Waals surface area contributed by atoms with Gasteiger partial charge in [0.25, 0.3) is 0 Å². The van der Waals surface area contributed by atoms with Gasteiger partial charge in [0, 0.05) is 19.3 Å². The summed E-state index contributed by atoms with van der Waals surface area (Å²) in [6, 6.07) is 17.3. The average molecular weight is 351 g/mol. The molecule has 0 saturated heterocycles. The fourth-order valence-corrected chi connectivity index (χ4v) is 1.96. The Balaban J connectivity index is 0.00000288. The number of halogens is 1. The molecule has 2 aromatic rings. The van der Waals surface area contributed by atoms with Crippen LogP contribution in [0.3, 0.4) is 0 Å². The van der Waals surface area contributed by atoms with Gasteiger partial charge in [-0.25, -0.2) is 0 Å². The number of anilines is 1. The number of ether oxygens (including phenoxy) is 2. The molecule has 5 nitrogen and oxygen atoms in total. The highest BCUT2D eigenvalue weighted by atomic mass is 35.5. The van der Waals surface area contributed by atoms with Crippen LogP contribution in [-0.4, -0.2) is 32.7 Å². The molecule has 0 aliphatic rings. The molecule has 0 aromatic heterocycles. The standard InChI is InChI=1S/C18H22N2O3.ClH/c1-22-12-11-19-13-18(21)20-16-7-9-17(10-8-16)23-14-15-5-3-2-4-6-15;/h2-10,19H,11-14H2,1H3,(H,20,21);1H. The molecule has 0 aliphatic heterocycles. The number of amides is 1. The lowest BCUT2D eigenvalue weighted by Crippen LogP contribution is -2.30. The fourth-order valence-electron chi connectivity index (χ4n) is 1.96. The highest BCUT2D eigenvalue weighted by molar-refractivity contribution is 5.92. The van der Waals surface area contributed by atoms with Gasteiger partial charge in [-0.1, -0.05) is 30.3 Å². The summed E-state index contributed by atoms with van der Waals surface area (Å²) < 4.78 is 10.6. The third-order valence-electron chi connectivity index (χ3n) is 3.15. The Hall–Kier alpha value is -2.08. The lowest BCUT2D eigenvalue weighted by molar-refractivity contribution is -0.115. The summed E-state index contributed by atoms with van der Waals surface area (Å²) in [5.41, 5.74) is 1.86. The molecule has 0 spiro atoms. The van der Waals surface area contributed by atoms with E-state index in [4.69, 9.17) is 9.47 Å². The molecule has 0 fully saturated rings. The van der Waals surface area contributed by atoms with Gasteiger partial charge in [-0.2, -0.15) is 0 Å². The molecule has 0 unspecified atom stereocenters. The highest BCUT2D eigenvalue weighted by Crippen LogP contribution is 2.17. The van der Waals surface area contributed by atoms with Gasteiger partial charge < -0.3 is 20.1 Å². The summed E-state index contributed by atoms with van der Waals surface area (Å²) in [7, 11) is 1.63. The molecule has 1 amide bonds. The van der Waals surface area contributed by atoms with E-state index in [0.717, 1.165) is 17.0 Å². The minimum absolute atomic E-state index is 0. The van der Waals surface area contributed by atoms with Gasteiger partial charge >= 0.3 is 0 Å². The Kier molecular flexibility index (Phi) is 9.53. The maximum absolute atomic E-state index is 11.7. The first-order chi connectivity index (χ1) is 11.3. The maximum atomic E-state index is 11.7. The average Bonchev–Trinajstić information content (AvgIpc) is 2.59. The Morgan fingerprint density at radius 1 is 1.04 bits per heavy atom. The zero-order valence-corrected chi connectivity index (χ0v) is 14.5. The van der Waals surface area contributed by atoms with Crippen LogP contribution in [0.25, 0.3) is 0 Å². The van der Waals surface area contributed by atoms with Gasteiger partial charge in [-0.3, -0.25) is 4.79 Å². The molecule has 6 heteroatoms. The van der Waals surface area contributed by atoms with Crippen LogP contribution >= 0.6 is 12.4 Å². The summed E-state index contributed by atoms with van der Waals surface area (Å²) in [6.45, 7) is 2.02. The molecule has 0 radical (unpaired) electrons. The fraction of sp³-hybridized carbons (Fsp3) is 0.278. The SMILES string of the molecule is COCCNCC(=O)Nc1ccc(OCc2ccccc2)cc1.Cl. The van der Waals surface area contributed by atoms with E-state index in [1.165, 1.54) is 0 Å². The second kappa shape index (κ2) is 11.5. The van der Waals surface area contributed by atoms with Crippen molar-refractivity contribution in [3.63, 3.8) is 0 Å². The summed E-state index contributed by atoms with van der Waals surface area (Å²) in [5, 5.41) is 5.82. The Morgan fingerprint density at radius 2 is 1.75 bits per heavy atom. The van der Waals surface area contributed by atoms with E-state index in [-0.39, 0.29) is 24.9 Å². The first-order valence-electron chi connectivity index (χ1n) is 7.54. The molecule has 130 valence electrons. The highest BCUT2D eigenvalue weighted by Gasteiger charge is 2.02. The topological polar surface area (TPSA) is 59.6 Å². The van der Waals surface area contributed by atoms with Crippen LogP contribution in [0.2, 0.25) is 0 Å². The normalized spacial score (nSPS) is 9.88. The Morgan fingerprint density at radius 3 is 2.42 bits per heavy atom. The van der Waals surface area contributed by atoms with Crippen LogP contribution in [0.1, 0.15) is 5.56 Å². The third kappa shape index (κ3) is 7.46. The lowest BCUT2D eigenvalue weighted by atomic mass is 10.2. The van der Waals surface area contributed by atoms with Gasteiger partial charge in [0.05, 0.1) is 13.2 Å². The summed E-state index contributed by atoms with van der Waals surface area (Å²) >= 11 is 0. The van der Waals surface area contributed by atoms with Crippen LogP contribution in [0.15, 0.2) is 54.6 Å². The molecule has 0 aliphatic carbocycles. The zero-order valence-electron chi connectivity index (χ0n) is 13.7. The van der Waals surface area contributed by atoms with Crippen molar-refractivity contribution in [3.05, 3.63) is 60.2 Å². The van der Waals surface area contributed by atoms with Gasteiger partial charge in [0.1, 0.15) is 12.4 Å². The predicted octanol–water partition coefficient (Wildman–Crippen LogP) is 2.86. The number of methoxy groups -OCH3 is 1. The van der Waals surface area contributed by atoms with E-state index >= 15 is 0 Å². The molecule has 2 rings (SSSR count). The van der Waals surface area contributed by atoms with Crippen molar-refractivity contribution in [2.24, 2.45) is 0 Å². The largest absolute Gasteiger partial charge is 0.489 e. The number of hydrogen-bond acceptors (Lipinski definition) is 4. The van der Waals surface area contributed by atoms with Gasteiger partial charge in [-0.05, 0) is 29.8 Å². The molecule has 0 atom stereocenters. The van der Waals surface area contributed by atoms with Gasteiger partial charge in [0.2, 0.25) is 5.91 Å². The first kappa shape index (κ1) is 20.0. The van der Waals surface area contributed by atoms with Crippen molar-refractivity contribution < 1.29 is 14.3 Å². The van der Waals surface area contributed by atoms with E-state index in [2.05, 4.69) is 10.6 Å². The predicted molar refractivity (Wildman–Crippen MR) is 97.8 cm³/mol. The molecule has 0 saturated carbocycles. The van der Waals surface area contributed by atoms with E-state index in [0.29, 0.717) is 19.8 Å². The monoisotopic (exact) mass is 350 g/mol. The number of benzene rings is 2. The summed E-state index contributed by atoms with van der Waals surface area (Å²) in [5.74, 6) is 0.684. The van der Waals surface area contributed by atoms with Crippen molar-refractivity contribution >= 4 is 24.0 Å². The second-order valence-corrected chi connectivity index (χ2v) is 5.02. The molecule has 24 heavy (non-hydrogen) atoms. The Labute approximate surface area is 148 Å². The number of carbonyl (C=O) groups is 1. The maximum Gasteiger partial charge on any atom is 0.238 e. The van der Waals surface area contributed by atoms with Crippen molar-refractivity contribution in [1.29, 1.82) is 0 Å². The van der Waals surface area contributed by atoms with Crippen molar-refractivity contribution in [2.45, 2.75) is 6.61 Å². The summed E-state index contributed by atoms with van der Waals surface area (Å²) in [4.78, 5) is 11.7. The zero-order chi connectivity index (χ0) is 16.3. The van der Waals surface area contributed by atoms with Crippen LogP contribution in [0, 0.1) is 0 Å². The minimum atomic E-state index is -0.0842. The summed E-state index contributed by atoms with van der Waals surface area (Å²) in [6.07, 6.45) is 0. The molecular formula is C18H23ClN2O3. The third-order valence-corrected chi connectivity index (χ3v) is 3.15. The smallest absolute Gasteiger partial charge is 0.238 e. The van der Waals surface area contributed by atoms with Crippen molar-refractivity contribution in [2.75, 3.05) is 32.1 Å².